The van der Waals surface area contributed by atoms with Crippen molar-refractivity contribution in [3.63, 3.8) is 0 Å². The molecule has 4 nitrogen and oxygen atoms in total. The van der Waals surface area contributed by atoms with E-state index in [1.54, 1.807) is 0 Å². The van der Waals surface area contributed by atoms with E-state index < -0.39 is 11.9 Å². The van der Waals surface area contributed by atoms with Crippen LogP contribution in [0.1, 0.15) is 43.2 Å². The Kier molecular flexibility index (Phi) is 5.86. The molecule has 0 spiro atoms. The minimum atomic E-state index is -1.68. The minimum absolute atomic E-state index is 0.166. The van der Waals surface area contributed by atoms with Crippen molar-refractivity contribution < 1.29 is 13.9 Å². The van der Waals surface area contributed by atoms with Crippen molar-refractivity contribution in [1.82, 2.24) is 10.2 Å². The highest BCUT2D eigenvalue weighted by Crippen LogP contribution is 2.41. The highest BCUT2D eigenvalue weighted by Gasteiger charge is 2.43. The standard InChI is InChI=1S/C24H29FN2O2/c1-24(25)15-19(16-26-22-14-21(22)20-10-6-3-7-11-20)12-13-27(24)23(28)29-17-18-8-4-2-5-9-18/h2-11,19,21-22,26H,12-17H2,1H3/t19?,21-,22+,24?/m0/s1. The van der Waals surface area contributed by atoms with Gasteiger partial charge in [0.15, 0.2) is 5.79 Å². The van der Waals surface area contributed by atoms with E-state index in [1.807, 2.05) is 36.4 Å². The number of likely N-dealkylation sites (tertiary alicyclic amines) is 1. The Morgan fingerprint density at radius 3 is 2.55 bits per heavy atom. The summed E-state index contributed by atoms with van der Waals surface area (Å²) in [6.45, 7) is 2.84. The highest BCUT2D eigenvalue weighted by molar-refractivity contribution is 5.68. The Morgan fingerprint density at radius 2 is 1.86 bits per heavy atom. The molecule has 1 saturated carbocycles. The molecule has 1 saturated heterocycles. The first-order valence-electron chi connectivity index (χ1n) is 10.5. The number of alkyl halides is 1. The number of benzene rings is 2. The molecule has 1 N–H and O–H groups in total. The monoisotopic (exact) mass is 396 g/mol. The van der Waals surface area contributed by atoms with Gasteiger partial charge in [-0.2, -0.15) is 0 Å². The molecule has 2 aromatic carbocycles. The smallest absolute Gasteiger partial charge is 0.412 e. The van der Waals surface area contributed by atoms with Crippen molar-refractivity contribution in [2.24, 2.45) is 5.92 Å². The van der Waals surface area contributed by atoms with Crippen LogP contribution < -0.4 is 5.32 Å². The number of rotatable bonds is 6. The molecule has 1 amide bonds. The molecule has 0 radical (unpaired) electrons. The molecule has 29 heavy (non-hydrogen) atoms. The van der Waals surface area contributed by atoms with Gasteiger partial charge >= 0.3 is 6.09 Å². The molecule has 1 aliphatic carbocycles. The largest absolute Gasteiger partial charge is 0.444 e. The second kappa shape index (κ2) is 8.54. The molecular weight excluding hydrogens is 367 g/mol. The molecule has 2 fully saturated rings. The number of amides is 1. The fourth-order valence-corrected chi connectivity index (χ4v) is 4.34. The molecule has 4 rings (SSSR count). The topological polar surface area (TPSA) is 41.6 Å². The van der Waals surface area contributed by atoms with Gasteiger partial charge in [0.25, 0.3) is 0 Å². The van der Waals surface area contributed by atoms with Crippen molar-refractivity contribution >= 4 is 6.09 Å². The molecule has 2 unspecified atom stereocenters. The van der Waals surface area contributed by atoms with Gasteiger partial charge in [-0.1, -0.05) is 60.7 Å². The molecule has 2 aliphatic rings. The molecule has 4 atom stereocenters. The predicted octanol–water partition coefficient (Wildman–Crippen LogP) is 4.87. The van der Waals surface area contributed by atoms with E-state index in [1.165, 1.54) is 17.4 Å². The molecular formula is C24H29FN2O2. The summed E-state index contributed by atoms with van der Waals surface area (Å²) >= 11 is 0. The summed E-state index contributed by atoms with van der Waals surface area (Å²) in [5, 5.41) is 3.60. The van der Waals surface area contributed by atoms with Crippen LogP contribution in [0.15, 0.2) is 60.7 Å². The fraction of sp³-hybridized carbons (Fsp3) is 0.458. The average molecular weight is 397 g/mol. The SMILES string of the molecule is CC1(F)CC(CN[C@@H]2C[C@H]2c2ccccc2)CCN1C(=O)OCc1ccccc1. The van der Waals surface area contributed by atoms with E-state index in [2.05, 4.69) is 29.6 Å². The van der Waals surface area contributed by atoms with Crippen molar-refractivity contribution in [1.29, 1.82) is 0 Å². The van der Waals surface area contributed by atoms with Crippen molar-refractivity contribution in [2.75, 3.05) is 13.1 Å². The maximum Gasteiger partial charge on any atom is 0.412 e. The summed E-state index contributed by atoms with van der Waals surface area (Å²) in [4.78, 5) is 13.7. The van der Waals surface area contributed by atoms with Crippen LogP contribution in [0, 0.1) is 5.92 Å². The lowest BCUT2D eigenvalue weighted by Crippen LogP contribution is -2.53. The Bertz CT molecular complexity index is 812. The van der Waals surface area contributed by atoms with Gasteiger partial charge in [0.1, 0.15) is 6.61 Å². The zero-order valence-electron chi connectivity index (χ0n) is 16.9. The summed E-state index contributed by atoms with van der Waals surface area (Å²) in [6.07, 6.45) is 1.69. The quantitative estimate of drug-likeness (QED) is 0.709. The zero-order valence-corrected chi connectivity index (χ0v) is 16.9. The molecule has 5 heteroatoms. The van der Waals surface area contributed by atoms with Crippen LogP contribution in [0.4, 0.5) is 9.18 Å². The number of hydrogen-bond donors (Lipinski definition) is 1. The van der Waals surface area contributed by atoms with Gasteiger partial charge in [0.05, 0.1) is 0 Å². The molecule has 0 aromatic heterocycles. The highest BCUT2D eigenvalue weighted by atomic mass is 19.1. The first kappa shape index (κ1) is 19.9. The number of carbonyl (C=O) groups is 1. The van der Waals surface area contributed by atoms with E-state index in [0.29, 0.717) is 24.9 Å². The summed E-state index contributed by atoms with van der Waals surface area (Å²) in [5.74, 6) is -0.887. The van der Waals surface area contributed by atoms with Crippen molar-refractivity contribution in [3.8, 4) is 0 Å². The predicted molar refractivity (Wildman–Crippen MR) is 111 cm³/mol. The second-order valence-electron chi connectivity index (χ2n) is 8.46. The van der Waals surface area contributed by atoms with E-state index in [9.17, 15) is 4.79 Å². The Hall–Kier alpha value is -2.40. The molecule has 1 aliphatic heterocycles. The normalized spacial score (nSPS) is 28.8. The van der Waals surface area contributed by atoms with Gasteiger partial charge in [0.2, 0.25) is 0 Å². The summed E-state index contributed by atoms with van der Waals surface area (Å²) < 4.78 is 20.6. The third-order valence-electron chi connectivity index (χ3n) is 6.10. The number of hydrogen-bond acceptors (Lipinski definition) is 3. The summed E-state index contributed by atoms with van der Waals surface area (Å²) in [7, 11) is 0. The Labute approximate surface area is 172 Å². The third kappa shape index (κ3) is 4.96. The lowest BCUT2D eigenvalue weighted by molar-refractivity contribution is -0.0599. The van der Waals surface area contributed by atoms with Crippen LogP contribution in [-0.4, -0.2) is 35.9 Å². The molecule has 0 bridgehead atoms. The lowest BCUT2D eigenvalue weighted by atomic mass is 9.90. The van der Waals surface area contributed by atoms with Crippen molar-refractivity contribution in [2.45, 2.75) is 50.5 Å². The summed E-state index contributed by atoms with van der Waals surface area (Å²) in [6, 6.07) is 20.5. The number of ether oxygens (including phenoxy) is 1. The van der Waals surface area contributed by atoms with Crippen LogP contribution in [0.25, 0.3) is 0 Å². The maximum absolute atomic E-state index is 15.2. The number of piperidine rings is 1. The van der Waals surface area contributed by atoms with Gasteiger partial charge in [-0.25, -0.2) is 9.18 Å². The van der Waals surface area contributed by atoms with Gasteiger partial charge in [-0.15, -0.1) is 0 Å². The van der Waals surface area contributed by atoms with Crippen LogP contribution in [-0.2, 0) is 11.3 Å². The number of carbonyl (C=O) groups excluding carboxylic acids is 1. The van der Waals surface area contributed by atoms with Crippen LogP contribution >= 0.6 is 0 Å². The number of halogens is 1. The zero-order chi connectivity index (χ0) is 20.3. The van der Waals surface area contributed by atoms with Crippen LogP contribution in [0.2, 0.25) is 0 Å². The maximum atomic E-state index is 15.2. The summed E-state index contributed by atoms with van der Waals surface area (Å²) in [5.41, 5.74) is 2.27. The third-order valence-corrected chi connectivity index (χ3v) is 6.10. The minimum Gasteiger partial charge on any atom is -0.444 e. The van der Waals surface area contributed by atoms with Crippen molar-refractivity contribution in [3.05, 3.63) is 71.8 Å². The average Bonchev–Trinajstić information content (AvgIpc) is 3.51. The van der Waals surface area contributed by atoms with Gasteiger partial charge < -0.3 is 10.1 Å². The number of nitrogens with one attached hydrogen (secondary N) is 1. The Morgan fingerprint density at radius 1 is 1.17 bits per heavy atom. The first-order valence-corrected chi connectivity index (χ1v) is 10.5. The molecule has 154 valence electrons. The first-order chi connectivity index (χ1) is 14.0. The Balaban J connectivity index is 1.23. The van der Waals surface area contributed by atoms with Crippen LogP contribution in [0.5, 0.6) is 0 Å². The van der Waals surface area contributed by atoms with E-state index in [0.717, 1.165) is 24.9 Å². The molecule has 2 aromatic rings. The van der Waals surface area contributed by atoms with E-state index in [-0.39, 0.29) is 12.5 Å². The van der Waals surface area contributed by atoms with E-state index >= 15 is 4.39 Å². The fourth-order valence-electron chi connectivity index (χ4n) is 4.34. The van der Waals surface area contributed by atoms with Gasteiger partial charge in [0, 0.05) is 24.9 Å². The molecule has 1 heterocycles. The number of nitrogens with zero attached hydrogens (tertiary/aromatic N) is 1. The van der Waals surface area contributed by atoms with Crippen LogP contribution in [0.3, 0.4) is 0 Å². The van der Waals surface area contributed by atoms with Gasteiger partial charge in [-0.05, 0) is 43.4 Å². The van der Waals surface area contributed by atoms with E-state index in [4.69, 9.17) is 4.74 Å². The second-order valence-corrected chi connectivity index (χ2v) is 8.46. The van der Waals surface area contributed by atoms with Gasteiger partial charge in [-0.3, -0.25) is 4.90 Å². The lowest BCUT2D eigenvalue weighted by Gasteiger charge is -2.41.